The van der Waals surface area contributed by atoms with Gasteiger partial charge in [-0.1, -0.05) is 12.1 Å². The van der Waals surface area contributed by atoms with Crippen LogP contribution in [0.4, 0.5) is 5.69 Å². The van der Waals surface area contributed by atoms with E-state index in [1.54, 1.807) is 11.3 Å². The Morgan fingerprint density at radius 3 is 2.77 bits per heavy atom. The van der Waals surface area contributed by atoms with Crippen molar-refractivity contribution >= 4 is 27.9 Å². The molecule has 0 saturated carbocycles. The van der Waals surface area contributed by atoms with Crippen LogP contribution >= 0.6 is 11.3 Å². The molecular formula is C16H18N4OS. The van der Waals surface area contributed by atoms with E-state index in [0.717, 1.165) is 28.3 Å². The van der Waals surface area contributed by atoms with Gasteiger partial charge in [0.1, 0.15) is 0 Å². The third-order valence-electron chi connectivity index (χ3n) is 3.32. The van der Waals surface area contributed by atoms with Gasteiger partial charge < -0.3 is 11.1 Å². The van der Waals surface area contributed by atoms with Gasteiger partial charge in [-0.05, 0) is 19.1 Å². The first-order valence-corrected chi connectivity index (χ1v) is 8.00. The summed E-state index contributed by atoms with van der Waals surface area (Å²) >= 11 is 1.62. The number of amides is 1. The molecule has 0 saturated heterocycles. The minimum absolute atomic E-state index is 0.0733. The first-order chi connectivity index (χ1) is 10.5. The molecule has 0 bridgehead atoms. The van der Waals surface area contributed by atoms with E-state index in [9.17, 15) is 4.79 Å². The van der Waals surface area contributed by atoms with Gasteiger partial charge in [-0.15, -0.1) is 11.3 Å². The van der Waals surface area contributed by atoms with Crippen LogP contribution in [0.15, 0.2) is 35.8 Å². The molecule has 1 amide bonds. The molecule has 114 valence electrons. The highest BCUT2D eigenvalue weighted by Crippen LogP contribution is 2.25. The molecule has 0 aliphatic rings. The molecular weight excluding hydrogens is 296 g/mol. The van der Waals surface area contributed by atoms with Gasteiger partial charge in [0, 0.05) is 47.9 Å². The number of anilines is 1. The number of nitrogens with zero attached hydrogens (tertiary/aromatic N) is 2. The summed E-state index contributed by atoms with van der Waals surface area (Å²) in [6.45, 7) is 3.50. The molecule has 0 fully saturated rings. The van der Waals surface area contributed by atoms with E-state index in [1.165, 1.54) is 12.6 Å². The fraction of sp³-hybridized carbons (Fsp3) is 0.250. The molecule has 5 nitrogen and oxygen atoms in total. The lowest BCUT2D eigenvalue weighted by atomic mass is 10.1. The summed E-state index contributed by atoms with van der Waals surface area (Å²) in [5, 5.41) is 4.87. The molecule has 1 aromatic carbocycles. The highest BCUT2D eigenvalue weighted by Gasteiger charge is 2.10. The molecule has 6 heteroatoms. The predicted molar refractivity (Wildman–Crippen MR) is 90.2 cm³/mol. The zero-order valence-electron chi connectivity index (χ0n) is 12.5. The number of imidazole rings is 1. The summed E-state index contributed by atoms with van der Waals surface area (Å²) in [6.07, 6.45) is 2.87. The third kappa shape index (κ3) is 3.03. The Morgan fingerprint density at radius 1 is 1.41 bits per heavy atom. The number of thiazole rings is 1. The van der Waals surface area contributed by atoms with Crippen molar-refractivity contribution in [2.24, 2.45) is 5.73 Å². The maximum Gasteiger partial charge on any atom is 0.221 e. The molecule has 2 aromatic heterocycles. The van der Waals surface area contributed by atoms with Crippen molar-refractivity contribution in [1.82, 2.24) is 9.38 Å². The number of hydrogen-bond donors (Lipinski definition) is 2. The first-order valence-electron chi connectivity index (χ1n) is 7.12. The molecule has 2 heterocycles. The van der Waals surface area contributed by atoms with Gasteiger partial charge in [-0.25, -0.2) is 4.98 Å². The minimum atomic E-state index is -0.0733. The topological polar surface area (TPSA) is 72.4 Å². The molecule has 1 unspecified atom stereocenters. The van der Waals surface area contributed by atoms with Gasteiger partial charge in [-0.3, -0.25) is 9.20 Å². The summed E-state index contributed by atoms with van der Waals surface area (Å²) in [7, 11) is 0. The largest absolute Gasteiger partial charge is 0.328 e. The molecule has 3 rings (SSSR count). The second kappa shape index (κ2) is 5.90. The average molecular weight is 314 g/mol. The van der Waals surface area contributed by atoms with Gasteiger partial charge in [0.15, 0.2) is 4.96 Å². The van der Waals surface area contributed by atoms with E-state index < -0.39 is 0 Å². The number of benzene rings is 1. The van der Waals surface area contributed by atoms with Crippen molar-refractivity contribution in [3.8, 4) is 11.3 Å². The Bertz CT molecular complexity index is 801. The van der Waals surface area contributed by atoms with Crippen LogP contribution < -0.4 is 11.1 Å². The van der Waals surface area contributed by atoms with Crippen LogP contribution in [-0.2, 0) is 11.2 Å². The SMILES string of the molecule is CC(=O)Nc1ccc(-c2cn3c(CC(C)N)csc3n2)cc1. The molecule has 1 atom stereocenters. The van der Waals surface area contributed by atoms with E-state index in [-0.39, 0.29) is 11.9 Å². The summed E-state index contributed by atoms with van der Waals surface area (Å²) < 4.78 is 2.10. The smallest absolute Gasteiger partial charge is 0.221 e. The third-order valence-corrected chi connectivity index (χ3v) is 4.20. The van der Waals surface area contributed by atoms with Crippen LogP contribution in [0.3, 0.4) is 0 Å². The number of rotatable bonds is 4. The van der Waals surface area contributed by atoms with Crippen molar-refractivity contribution in [1.29, 1.82) is 0 Å². The van der Waals surface area contributed by atoms with Crippen LogP contribution in [0.5, 0.6) is 0 Å². The molecule has 0 aliphatic heterocycles. The highest BCUT2D eigenvalue weighted by atomic mass is 32.1. The Morgan fingerprint density at radius 2 is 2.14 bits per heavy atom. The average Bonchev–Trinajstić information content (AvgIpc) is 3.01. The monoisotopic (exact) mass is 314 g/mol. The van der Waals surface area contributed by atoms with Gasteiger partial charge in [0.25, 0.3) is 0 Å². The number of aromatic nitrogens is 2. The number of nitrogens with two attached hydrogens (primary N) is 1. The molecule has 22 heavy (non-hydrogen) atoms. The van der Waals surface area contributed by atoms with Crippen molar-refractivity contribution < 1.29 is 4.79 Å². The standard InChI is InChI=1S/C16H18N4OS/c1-10(17)7-14-9-22-16-19-15(8-20(14)16)12-3-5-13(6-4-12)18-11(2)21/h3-6,8-10H,7,17H2,1-2H3,(H,18,21). The van der Waals surface area contributed by atoms with Crippen molar-refractivity contribution in [3.63, 3.8) is 0 Å². The van der Waals surface area contributed by atoms with E-state index >= 15 is 0 Å². The number of hydrogen-bond acceptors (Lipinski definition) is 4. The second-order valence-corrected chi connectivity index (χ2v) is 6.28. The fourth-order valence-electron chi connectivity index (χ4n) is 2.37. The van der Waals surface area contributed by atoms with Gasteiger partial charge in [0.05, 0.1) is 5.69 Å². The predicted octanol–water partition coefficient (Wildman–Crippen LogP) is 2.91. The maximum absolute atomic E-state index is 11.0. The summed E-state index contributed by atoms with van der Waals surface area (Å²) in [5.41, 5.74) is 9.80. The van der Waals surface area contributed by atoms with Crippen LogP contribution in [0.25, 0.3) is 16.2 Å². The van der Waals surface area contributed by atoms with Gasteiger partial charge >= 0.3 is 0 Å². The number of carbonyl (C=O) groups excluding carboxylic acids is 1. The number of fused-ring (bicyclic) bond motifs is 1. The molecule has 0 spiro atoms. The zero-order chi connectivity index (χ0) is 15.7. The van der Waals surface area contributed by atoms with Crippen molar-refractivity contribution in [3.05, 3.63) is 41.5 Å². The van der Waals surface area contributed by atoms with Crippen LogP contribution in [0.1, 0.15) is 19.5 Å². The summed E-state index contributed by atoms with van der Waals surface area (Å²) in [4.78, 5) is 16.7. The Labute approximate surface area is 132 Å². The number of carbonyl (C=O) groups is 1. The van der Waals surface area contributed by atoms with Crippen molar-refractivity contribution in [2.45, 2.75) is 26.3 Å². The van der Waals surface area contributed by atoms with E-state index in [0.29, 0.717) is 0 Å². The maximum atomic E-state index is 11.0. The van der Waals surface area contributed by atoms with Crippen molar-refractivity contribution in [2.75, 3.05) is 5.32 Å². The Hall–Kier alpha value is -2.18. The zero-order valence-corrected chi connectivity index (χ0v) is 13.4. The lowest BCUT2D eigenvalue weighted by Gasteiger charge is -2.03. The van der Waals surface area contributed by atoms with Crippen LogP contribution in [0, 0.1) is 0 Å². The molecule has 3 aromatic rings. The quantitative estimate of drug-likeness (QED) is 0.777. The highest BCUT2D eigenvalue weighted by molar-refractivity contribution is 7.15. The lowest BCUT2D eigenvalue weighted by molar-refractivity contribution is -0.114. The van der Waals surface area contributed by atoms with E-state index in [1.807, 2.05) is 37.4 Å². The fourth-order valence-corrected chi connectivity index (χ4v) is 3.26. The van der Waals surface area contributed by atoms with Crippen LogP contribution in [-0.4, -0.2) is 21.3 Å². The molecule has 0 aliphatic carbocycles. The van der Waals surface area contributed by atoms with E-state index in [4.69, 9.17) is 5.73 Å². The summed E-state index contributed by atoms with van der Waals surface area (Å²) in [6, 6.07) is 7.81. The van der Waals surface area contributed by atoms with Gasteiger partial charge in [0.2, 0.25) is 5.91 Å². The normalized spacial score (nSPS) is 12.5. The van der Waals surface area contributed by atoms with Crippen LogP contribution in [0.2, 0.25) is 0 Å². The first kappa shape index (κ1) is 14.7. The van der Waals surface area contributed by atoms with Gasteiger partial charge in [-0.2, -0.15) is 0 Å². The molecule has 3 N–H and O–H groups in total. The summed E-state index contributed by atoms with van der Waals surface area (Å²) in [5.74, 6) is -0.0733. The lowest BCUT2D eigenvalue weighted by Crippen LogP contribution is -2.18. The molecule has 0 radical (unpaired) electrons. The second-order valence-electron chi connectivity index (χ2n) is 5.45. The number of nitrogens with one attached hydrogen (secondary N) is 1. The Kier molecular flexibility index (Phi) is 3.96. The van der Waals surface area contributed by atoms with E-state index in [2.05, 4.69) is 20.1 Å². The minimum Gasteiger partial charge on any atom is -0.328 e. The Balaban J connectivity index is 1.89.